The summed E-state index contributed by atoms with van der Waals surface area (Å²) in [5.41, 5.74) is 9.97. The lowest BCUT2D eigenvalue weighted by Gasteiger charge is -2.17. The van der Waals surface area contributed by atoms with Crippen LogP contribution in [0.15, 0.2) is 54.7 Å². The molecule has 0 radical (unpaired) electrons. The molecule has 0 bridgehead atoms. The molecule has 0 amide bonds. The number of phenolic OH excluding ortho intramolecular Hbond substituents is 1. The lowest BCUT2D eigenvalue weighted by atomic mass is 10.00. The van der Waals surface area contributed by atoms with E-state index in [1.54, 1.807) is 18.3 Å². The molecule has 1 heterocycles. The van der Waals surface area contributed by atoms with Gasteiger partial charge in [-0.2, -0.15) is 0 Å². The lowest BCUT2D eigenvalue weighted by molar-refractivity contribution is 0.477. The zero-order valence-corrected chi connectivity index (χ0v) is 13.8. The van der Waals surface area contributed by atoms with E-state index in [0.717, 1.165) is 23.4 Å². The summed E-state index contributed by atoms with van der Waals surface area (Å²) in [6.07, 6.45) is 1.70. The van der Waals surface area contributed by atoms with Crippen molar-refractivity contribution in [2.24, 2.45) is 0 Å². The van der Waals surface area contributed by atoms with Crippen LogP contribution in [0.5, 0.6) is 5.75 Å². The highest BCUT2D eigenvalue weighted by Crippen LogP contribution is 2.35. The molecular formula is C19H20N4O. The minimum Gasteiger partial charge on any atom is -0.507 e. The fraction of sp³-hybridized carbons (Fsp3) is 0.158. The predicted molar refractivity (Wildman–Crippen MR) is 97.9 cm³/mol. The van der Waals surface area contributed by atoms with E-state index in [-0.39, 0.29) is 11.7 Å². The van der Waals surface area contributed by atoms with Crippen molar-refractivity contribution in [3.05, 3.63) is 54.7 Å². The van der Waals surface area contributed by atoms with Gasteiger partial charge >= 0.3 is 0 Å². The largest absolute Gasteiger partial charge is 0.507 e. The summed E-state index contributed by atoms with van der Waals surface area (Å²) in [5.74, 6) is 0.346. The van der Waals surface area contributed by atoms with Gasteiger partial charge in [-0.05, 0) is 36.8 Å². The summed E-state index contributed by atoms with van der Waals surface area (Å²) in [6.45, 7) is 3.05. The molecule has 3 aromatic rings. The van der Waals surface area contributed by atoms with Crippen molar-refractivity contribution in [2.75, 3.05) is 24.2 Å². The molecule has 0 fully saturated rings. The van der Waals surface area contributed by atoms with Crippen molar-refractivity contribution >= 4 is 11.6 Å². The number of para-hydroxylation sites is 1. The van der Waals surface area contributed by atoms with Gasteiger partial charge in [0.15, 0.2) is 0 Å². The predicted octanol–water partition coefficient (Wildman–Crippen LogP) is 3.55. The van der Waals surface area contributed by atoms with Crippen molar-refractivity contribution in [2.45, 2.75) is 6.92 Å². The standard InChI is InChI=1S/C19H20N4O/c1-3-23(2)14-10-8-13(9-11-14)16-12-21-19(20)22-18(16)15-6-4-5-7-17(15)24/h4-12,24H,3H2,1-2H3,(H2,20,21,22). The Labute approximate surface area is 141 Å². The van der Waals surface area contributed by atoms with E-state index in [1.165, 1.54) is 0 Å². The van der Waals surface area contributed by atoms with Gasteiger partial charge in [-0.3, -0.25) is 0 Å². The van der Waals surface area contributed by atoms with E-state index >= 15 is 0 Å². The van der Waals surface area contributed by atoms with Crippen LogP contribution in [0.1, 0.15) is 6.92 Å². The number of anilines is 2. The van der Waals surface area contributed by atoms with E-state index in [9.17, 15) is 5.11 Å². The number of nitrogens with two attached hydrogens (primary N) is 1. The molecule has 0 aliphatic carbocycles. The van der Waals surface area contributed by atoms with Gasteiger partial charge in [-0.15, -0.1) is 0 Å². The number of aromatic nitrogens is 2. The third-order valence-electron chi connectivity index (χ3n) is 4.06. The molecule has 3 rings (SSSR count). The highest BCUT2D eigenvalue weighted by Gasteiger charge is 2.14. The number of rotatable bonds is 4. The zero-order chi connectivity index (χ0) is 17.1. The molecule has 0 spiro atoms. The van der Waals surface area contributed by atoms with Gasteiger partial charge in [-0.1, -0.05) is 24.3 Å². The topological polar surface area (TPSA) is 75.3 Å². The minimum atomic E-state index is 0.166. The maximum atomic E-state index is 10.2. The van der Waals surface area contributed by atoms with Crippen LogP contribution >= 0.6 is 0 Å². The second kappa shape index (κ2) is 6.58. The maximum Gasteiger partial charge on any atom is 0.220 e. The number of benzene rings is 2. The number of hydrogen-bond donors (Lipinski definition) is 2. The van der Waals surface area contributed by atoms with Crippen molar-refractivity contribution in [1.29, 1.82) is 0 Å². The summed E-state index contributed by atoms with van der Waals surface area (Å²) in [7, 11) is 2.05. The van der Waals surface area contributed by atoms with Gasteiger partial charge in [0, 0.05) is 36.6 Å². The van der Waals surface area contributed by atoms with Crippen LogP contribution in [0.25, 0.3) is 22.4 Å². The van der Waals surface area contributed by atoms with Gasteiger partial charge in [0.25, 0.3) is 0 Å². The van der Waals surface area contributed by atoms with Gasteiger partial charge in [0.1, 0.15) is 5.75 Å². The average Bonchev–Trinajstić information content (AvgIpc) is 2.61. The van der Waals surface area contributed by atoms with Gasteiger partial charge in [-0.25, -0.2) is 9.97 Å². The average molecular weight is 320 g/mol. The number of nitrogens with zero attached hydrogens (tertiary/aromatic N) is 3. The first-order valence-corrected chi connectivity index (χ1v) is 7.82. The fourth-order valence-corrected chi connectivity index (χ4v) is 2.56. The Kier molecular flexibility index (Phi) is 4.33. The highest BCUT2D eigenvalue weighted by atomic mass is 16.3. The molecule has 0 saturated heterocycles. The number of aromatic hydroxyl groups is 1. The Morgan fingerprint density at radius 1 is 1.04 bits per heavy atom. The van der Waals surface area contributed by atoms with Crippen molar-refractivity contribution in [3.63, 3.8) is 0 Å². The van der Waals surface area contributed by atoms with Crippen LogP contribution in [0.2, 0.25) is 0 Å². The normalized spacial score (nSPS) is 10.6. The van der Waals surface area contributed by atoms with E-state index in [1.807, 2.05) is 24.3 Å². The van der Waals surface area contributed by atoms with Crippen LogP contribution in [0.4, 0.5) is 11.6 Å². The summed E-state index contributed by atoms with van der Waals surface area (Å²) in [6, 6.07) is 15.3. The van der Waals surface area contributed by atoms with Crippen LogP contribution in [-0.2, 0) is 0 Å². The molecular weight excluding hydrogens is 300 g/mol. The molecule has 0 aliphatic rings. The second-order valence-electron chi connectivity index (χ2n) is 5.57. The molecule has 0 unspecified atom stereocenters. The summed E-state index contributed by atoms with van der Waals surface area (Å²) in [4.78, 5) is 10.6. The van der Waals surface area contributed by atoms with Crippen molar-refractivity contribution in [1.82, 2.24) is 9.97 Å². The van der Waals surface area contributed by atoms with Crippen LogP contribution in [0.3, 0.4) is 0 Å². The SMILES string of the molecule is CCN(C)c1ccc(-c2cnc(N)nc2-c2ccccc2O)cc1. The Morgan fingerprint density at radius 2 is 1.75 bits per heavy atom. The van der Waals surface area contributed by atoms with Crippen LogP contribution < -0.4 is 10.6 Å². The summed E-state index contributed by atoms with van der Waals surface area (Å²) < 4.78 is 0. The molecule has 0 atom stereocenters. The first kappa shape index (κ1) is 15.8. The number of hydrogen-bond acceptors (Lipinski definition) is 5. The maximum absolute atomic E-state index is 10.2. The van der Waals surface area contributed by atoms with Crippen molar-refractivity contribution in [3.8, 4) is 28.1 Å². The van der Waals surface area contributed by atoms with Crippen molar-refractivity contribution < 1.29 is 5.11 Å². The molecule has 1 aromatic heterocycles. The Bertz CT molecular complexity index is 846. The van der Waals surface area contributed by atoms with Gasteiger partial charge in [0.05, 0.1) is 5.69 Å². The minimum absolute atomic E-state index is 0.166. The molecule has 5 heteroatoms. The first-order valence-electron chi connectivity index (χ1n) is 7.82. The van der Waals surface area contributed by atoms with E-state index in [0.29, 0.717) is 11.3 Å². The third-order valence-corrected chi connectivity index (χ3v) is 4.06. The Balaban J connectivity index is 2.10. The van der Waals surface area contributed by atoms with E-state index < -0.39 is 0 Å². The molecule has 24 heavy (non-hydrogen) atoms. The summed E-state index contributed by atoms with van der Waals surface area (Å²) >= 11 is 0. The first-order chi connectivity index (χ1) is 11.6. The molecule has 5 nitrogen and oxygen atoms in total. The van der Waals surface area contributed by atoms with E-state index in [2.05, 4.69) is 41.0 Å². The quantitative estimate of drug-likeness (QED) is 0.769. The highest BCUT2D eigenvalue weighted by molar-refractivity contribution is 5.83. The molecule has 2 aromatic carbocycles. The number of phenols is 1. The molecule has 0 saturated carbocycles. The number of nitrogen functional groups attached to an aromatic ring is 1. The van der Waals surface area contributed by atoms with E-state index in [4.69, 9.17) is 5.73 Å². The fourth-order valence-electron chi connectivity index (χ4n) is 2.56. The van der Waals surface area contributed by atoms with Gasteiger partial charge < -0.3 is 15.7 Å². The zero-order valence-electron chi connectivity index (χ0n) is 13.8. The van der Waals surface area contributed by atoms with Gasteiger partial charge in [0.2, 0.25) is 5.95 Å². The second-order valence-corrected chi connectivity index (χ2v) is 5.57. The van der Waals surface area contributed by atoms with Crippen LogP contribution in [-0.4, -0.2) is 28.7 Å². The monoisotopic (exact) mass is 320 g/mol. The third kappa shape index (κ3) is 3.01. The Morgan fingerprint density at radius 3 is 2.42 bits per heavy atom. The Hall–Kier alpha value is -3.08. The molecule has 0 aliphatic heterocycles. The summed E-state index contributed by atoms with van der Waals surface area (Å²) in [5, 5.41) is 10.2. The molecule has 122 valence electrons. The smallest absolute Gasteiger partial charge is 0.220 e. The lowest BCUT2D eigenvalue weighted by Crippen LogP contribution is -2.15. The van der Waals surface area contributed by atoms with Crippen LogP contribution in [0, 0.1) is 0 Å². The molecule has 3 N–H and O–H groups in total.